The zero-order valence-corrected chi connectivity index (χ0v) is 12.2. The Morgan fingerprint density at radius 1 is 1.33 bits per heavy atom. The van der Waals surface area contributed by atoms with E-state index in [1.54, 1.807) is 0 Å². The van der Waals surface area contributed by atoms with E-state index in [0.29, 0.717) is 19.0 Å². The van der Waals surface area contributed by atoms with Crippen LogP contribution >= 0.6 is 0 Å². The Bertz CT molecular complexity index is 642. The molecule has 0 heterocycles. The number of aromatic carboxylic acids is 1. The fraction of sp³-hybridized carbons (Fsp3) is 0.385. The first kappa shape index (κ1) is 17.1. The van der Waals surface area contributed by atoms with Crippen molar-refractivity contribution in [3.63, 3.8) is 0 Å². The highest BCUT2D eigenvalue weighted by Gasteiger charge is 2.24. The fourth-order valence-electron chi connectivity index (χ4n) is 1.58. The zero-order valence-electron chi connectivity index (χ0n) is 11.4. The van der Waals surface area contributed by atoms with Gasteiger partial charge in [0.1, 0.15) is 16.5 Å². The minimum atomic E-state index is -4.23. The van der Waals surface area contributed by atoms with Gasteiger partial charge in [0.2, 0.25) is 5.91 Å². The predicted molar refractivity (Wildman–Crippen MR) is 73.3 cm³/mol. The number of carbonyl (C=O) groups excluding carboxylic acids is 1. The van der Waals surface area contributed by atoms with Crippen molar-refractivity contribution in [2.24, 2.45) is 0 Å². The monoisotopic (exact) mass is 317 g/mol. The molecule has 0 bridgehead atoms. The second-order valence-electron chi connectivity index (χ2n) is 4.41. The third-order valence-electron chi connectivity index (χ3n) is 2.69. The SMILES string of the molecule is CCCCNC(=O)CS(=O)(=O)c1cc(C(=O)O)ccc1F. The maximum absolute atomic E-state index is 13.6. The van der Waals surface area contributed by atoms with Crippen molar-refractivity contribution in [1.29, 1.82) is 0 Å². The average Bonchev–Trinajstić information content (AvgIpc) is 2.38. The van der Waals surface area contributed by atoms with Crippen LogP contribution in [0.4, 0.5) is 4.39 Å². The van der Waals surface area contributed by atoms with E-state index in [1.807, 2.05) is 6.92 Å². The molecule has 8 heteroatoms. The van der Waals surface area contributed by atoms with Crippen LogP contribution in [0.1, 0.15) is 30.1 Å². The van der Waals surface area contributed by atoms with Crippen LogP contribution in [0.15, 0.2) is 23.1 Å². The number of halogens is 1. The van der Waals surface area contributed by atoms with Gasteiger partial charge in [-0.3, -0.25) is 4.79 Å². The van der Waals surface area contributed by atoms with Gasteiger partial charge >= 0.3 is 5.97 Å². The lowest BCUT2D eigenvalue weighted by atomic mass is 10.2. The molecule has 21 heavy (non-hydrogen) atoms. The van der Waals surface area contributed by atoms with Crippen LogP contribution in [0.25, 0.3) is 0 Å². The van der Waals surface area contributed by atoms with Crippen LogP contribution in [0.3, 0.4) is 0 Å². The Morgan fingerprint density at radius 2 is 2.00 bits per heavy atom. The highest BCUT2D eigenvalue weighted by molar-refractivity contribution is 7.92. The van der Waals surface area contributed by atoms with Gasteiger partial charge in [-0.1, -0.05) is 13.3 Å². The third-order valence-corrected chi connectivity index (χ3v) is 4.31. The minimum absolute atomic E-state index is 0.336. The number of hydrogen-bond donors (Lipinski definition) is 2. The van der Waals surface area contributed by atoms with Crippen LogP contribution in [0, 0.1) is 5.82 Å². The molecule has 0 spiro atoms. The second-order valence-corrected chi connectivity index (χ2v) is 6.37. The number of unbranched alkanes of at least 4 members (excludes halogenated alkanes) is 1. The average molecular weight is 317 g/mol. The molecule has 0 atom stereocenters. The summed E-state index contributed by atoms with van der Waals surface area (Å²) >= 11 is 0. The van der Waals surface area contributed by atoms with Crippen LogP contribution in [0.5, 0.6) is 0 Å². The number of amides is 1. The molecule has 0 saturated carbocycles. The van der Waals surface area contributed by atoms with Crippen LogP contribution in [-0.4, -0.2) is 37.7 Å². The van der Waals surface area contributed by atoms with Gasteiger partial charge in [0.05, 0.1) is 5.56 Å². The van der Waals surface area contributed by atoms with E-state index in [2.05, 4.69) is 5.32 Å². The van der Waals surface area contributed by atoms with Crippen molar-refractivity contribution < 1.29 is 27.5 Å². The largest absolute Gasteiger partial charge is 0.478 e. The Hall–Kier alpha value is -1.96. The van der Waals surface area contributed by atoms with E-state index in [0.717, 1.165) is 18.6 Å². The molecule has 0 aliphatic rings. The van der Waals surface area contributed by atoms with E-state index in [9.17, 15) is 22.4 Å². The molecule has 0 unspecified atom stereocenters. The van der Waals surface area contributed by atoms with Crippen molar-refractivity contribution in [2.75, 3.05) is 12.3 Å². The molecular weight excluding hydrogens is 301 g/mol. The number of nitrogens with one attached hydrogen (secondary N) is 1. The first-order valence-corrected chi connectivity index (χ1v) is 7.95. The summed E-state index contributed by atoms with van der Waals surface area (Å²) in [5, 5.41) is 11.2. The highest BCUT2D eigenvalue weighted by Crippen LogP contribution is 2.18. The van der Waals surface area contributed by atoms with Gasteiger partial charge in [0.15, 0.2) is 9.84 Å². The van der Waals surface area contributed by atoms with Crippen LogP contribution in [0.2, 0.25) is 0 Å². The fourth-order valence-corrected chi connectivity index (χ4v) is 2.86. The minimum Gasteiger partial charge on any atom is -0.478 e. The maximum Gasteiger partial charge on any atom is 0.335 e. The van der Waals surface area contributed by atoms with Crippen molar-refractivity contribution >= 4 is 21.7 Å². The molecule has 1 aromatic rings. The molecule has 1 amide bonds. The first-order valence-electron chi connectivity index (χ1n) is 6.30. The van der Waals surface area contributed by atoms with E-state index in [-0.39, 0.29) is 5.56 Å². The lowest BCUT2D eigenvalue weighted by molar-refractivity contribution is -0.118. The molecule has 1 rings (SSSR count). The molecule has 0 saturated heterocycles. The van der Waals surface area contributed by atoms with Crippen molar-refractivity contribution in [2.45, 2.75) is 24.7 Å². The smallest absolute Gasteiger partial charge is 0.335 e. The normalized spacial score (nSPS) is 11.1. The van der Waals surface area contributed by atoms with Gasteiger partial charge in [-0.15, -0.1) is 0 Å². The van der Waals surface area contributed by atoms with Gasteiger partial charge in [0.25, 0.3) is 0 Å². The highest BCUT2D eigenvalue weighted by atomic mass is 32.2. The van der Waals surface area contributed by atoms with Gasteiger partial charge in [-0.05, 0) is 24.6 Å². The molecule has 0 aromatic heterocycles. The summed E-state index contributed by atoms with van der Waals surface area (Å²) in [5.74, 6) is -4.12. The lowest BCUT2D eigenvalue weighted by Crippen LogP contribution is -2.31. The zero-order chi connectivity index (χ0) is 16.0. The van der Waals surface area contributed by atoms with Crippen molar-refractivity contribution in [3.05, 3.63) is 29.6 Å². The summed E-state index contributed by atoms with van der Waals surface area (Å²) in [6, 6.07) is 2.43. The molecule has 0 aliphatic carbocycles. The van der Waals surface area contributed by atoms with Gasteiger partial charge in [0, 0.05) is 6.54 Å². The second kappa shape index (κ2) is 7.16. The summed E-state index contributed by atoms with van der Waals surface area (Å²) in [5.41, 5.74) is -0.360. The summed E-state index contributed by atoms with van der Waals surface area (Å²) in [4.78, 5) is 21.5. The van der Waals surface area contributed by atoms with Crippen molar-refractivity contribution in [1.82, 2.24) is 5.32 Å². The Balaban J connectivity index is 2.95. The number of rotatable bonds is 7. The molecule has 0 radical (unpaired) electrons. The summed E-state index contributed by atoms with van der Waals surface area (Å²) < 4.78 is 37.5. The molecule has 6 nitrogen and oxygen atoms in total. The number of carboxylic acids is 1. The van der Waals surface area contributed by atoms with Crippen LogP contribution < -0.4 is 5.32 Å². The predicted octanol–water partition coefficient (Wildman–Crippen LogP) is 1.21. The van der Waals surface area contributed by atoms with Gasteiger partial charge in [-0.2, -0.15) is 0 Å². The Labute approximate surface area is 121 Å². The third kappa shape index (κ3) is 4.82. The van der Waals surface area contributed by atoms with Crippen LogP contribution in [-0.2, 0) is 14.6 Å². The topological polar surface area (TPSA) is 101 Å². The number of benzene rings is 1. The van der Waals surface area contributed by atoms with E-state index in [4.69, 9.17) is 5.11 Å². The quantitative estimate of drug-likeness (QED) is 0.736. The first-order chi connectivity index (χ1) is 9.77. The number of carboxylic acid groups (broad SMARTS) is 1. The number of sulfone groups is 1. The van der Waals surface area contributed by atoms with E-state index >= 15 is 0 Å². The molecule has 116 valence electrons. The molecular formula is C13H16FNO5S. The summed E-state index contributed by atoms with van der Waals surface area (Å²) in [6.07, 6.45) is 1.54. The summed E-state index contributed by atoms with van der Waals surface area (Å²) in [7, 11) is -4.23. The standard InChI is InChI=1S/C13H16FNO5S/c1-2-3-6-15-12(16)8-21(19,20)11-7-9(13(17)18)4-5-10(11)14/h4-5,7H,2-3,6,8H2,1H3,(H,15,16)(H,17,18). The Morgan fingerprint density at radius 3 is 2.57 bits per heavy atom. The molecule has 0 aliphatic heterocycles. The Kier molecular flexibility index (Phi) is 5.83. The maximum atomic E-state index is 13.6. The van der Waals surface area contributed by atoms with E-state index in [1.165, 1.54) is 0 Å². The van der Waals surface area contributed by atoms with Gasteiger partial charge in [-0.25, -0.2) is 17.6 Å². The molecule has 2 N–H and O–H groups in total. The van der Waals surface area contributed by atoms with E-state index < -0.39 is 38.2 Å². The number of carbonyl (C=O) groups is 2. The number of hydrogen-bond acceptors (Lipinski definition) is 4. The molecule has 1 aromatic carbocycles. The lowest BCUT2D eigenvalue weighted by Gasteiger charge is -2.07. The van der Waals surface area contributed by atoms with Gasteiger partial charge < -0.3 is 10.4 Å². The summed E-state index contributed by atoms with van der Waals surface area (Å²) in [6.45, 7) is 2.25. The molecule has 0 fully saturated rings. The van der Waals surface area contributed by atoms with Crippen molar-refractivity contribution in [3.8, 4) is 0 Å².